The summed E-state index contributed by atoms with van der Waals surface area (Å²) in [5.41, 5.74) is 19.4. The lowest BCUT2D eigenvalue weighted by atomic mass is 9.34. The fourth-order valence-corrected chi connectivity index (χ4v) is 11.9. The van der Waals surface area contributed by atoms with E-state index >= 15 is 0 Å². The van der Waals surface area contributed by atoms with Gasteiger partial charge in [0.2, 0.25) is 0 Å². The predicted octanol–water partition coefficient (Wildman–Crippen LogP) is 14.6. The van der Waals surface area contributed by atoms with Gasteiger partial charge in [-0.1, -0.05) is 157 Å². The van der Waals surface area contributed by atoms with Crippen LogP contribution in [0.3, 0.4) is 0 Å². The molecule has 14 rings (SSSR count). The van der Waals surface area contributed by atoms with Crippen LogP contribution in [0, 0.1) is 0 Å². The number of hydrogen-bond donors (Lipinski definition) is 0. The highest BCUT2D eigenvalue weighted by molar-refractivity contribution is 7.01. The molecule has 5 heteroatoms. The summed E-state index contributed by atoms with van der Waals surface area (Å²) in [6.45, 7) is 13.6. The van der Waals surface area contributed by atoms with Gasteiger partial charge in [0.1, 0.15) is 11.5 Å². The maximum absolute atomic E-state index is 7.42. The molecule has 0 atom stereocenters. The average Bonchev–Trinajstić information content (AvgIpc) is 3.99. The van der Waals surface area contributed by atoms with Gasteiger partial charge in [-0.15, -0.1) is 0 Å². The number of rotatable bonds is 4. The van der Waals surface area contributed by atoms with Crippen molar-refractivity contribution in [3.8, 4) is 28.3 Å². The minimum absolute atomic E-state index is 0.0392. The largest absolute Gasteiger partial charge is 0.458 e. The first-order valence-electron chi connectivity index (χ1n) is 23.7. The van der Waals surface area contributed by atoms with E-state index in [0.29, 0.717) is 0 Å². The summed E-state index contributed by atoms with van der Waals surface area (Å²) in [6, 6.07) is 67.8. The summed E-state index contributed by atoms with van der Waals surface area (Å²) >= 11 is 0. The van der Waals surface area contributed by atoms with Crippen molar-refractivity contribution in [1.29, 1.82) is 0 Å². The van der Waals surface area contributed by atoms with Gasteiger partial charge in [-0.25, -0.2) is 0 Å². The normalized spacial score (nSPS) is 13.3. The fourth-order valence-electron chi connectivity index (χ4n) is 11.9. The predicted molar refractivity (Wildman–Crippen MR) is 284 cm³/mol. The molecule has 0 radical (unpaired) electrons. The van der Waals surface area contributed by atoms with Crippen LogP contribution in [0.1, 0.15) is 52.7 Å². The van der Waals surface area contributed by atoms with Gasteiger partial charge in [0, 0.05) is 61.1 Å². The molecular weight excluding hydrogens is 814 g/mol. The number of aromatic nitrogens is 2. The molecule has 12 aromatic rings. The first kappa shape index (κ1) is 38.5. The van der Waals surface area contributed by atoms with Crippen molar-refractivity contribution in [1.82, 2.24) is 8.97 Å². The Morgan fingerprint density at radius 3 is 1.57 bits per heavy atom. The van der Waals surface area contributed by atoms with Crippen LogP contribution in [0.15, 0.2) is 182 Å². The zero-order valence-electron chi connectivity index (χ0n) is 38.6. The summed E-state index contributed by atoms with van der Waals surface area (Å²) in [6.07, 6.45) is 0. The number of ether oxygens (including phenoxy) is 1. The summed E-state index contributed by atoms with van der Waals surface area (Å²) in [7, 11) is 0. The Hall–Kier alpha value is -7.76. The van der Waals surface area contributed by atoms with Gasteiger partial charge in [0.15, 0.2) is 0 Å². The van der Waals surface area contributed by atoms with Crippen molar-refractivity contribution in [3.63, 3.8) is 0 Å². The van der Waals surface area contributed by atoms with Crippen LogP contribution < -0.4 is 26.0 Å². The Kier molecular flexibility index (Phi) is 7.71. The molecule has 0 amide bonds. The molecular formula is C62H48BN3O. The second-order valence-corrected chi connectivity index (χ2v) is 20.9. The third-order valence-electron chi connectivity index (χ3n) is 15.0. The molecule has 3 aromatic heterocycles. The van der Waals surface area contributed by atoms with Crippen LogP contribution in [0.5, 0.6) is 11.5 Å². The van der Waals surface area contributed by atoms with E-state index in [0.717, 1.165) is 39.7 Å². The molecule has 4 nitrogen and oxygen atoms in total. The Labute approximate surface area is 390 Å². The van der Waals surface area contributed by atoms with Crippen molar-refractivity contribution in [3.05, 3.63) is 193 Å². The molecule has 2 aliphatic heterocycles. The summed E-state index contributed by atoms with van der Waals surface area (Å²) in [5.74, 6) is 1.78. The third-order valence-corrected chi connectivity index (χ3v) is 15.0. The molecule has 0 N–H and O–H groups in total. The van der Waals surface area contributed by atoms with E-state index in [-0.39, 0.29) is 17.5 Å². The molecule has 5 heterocycles. The lowest BCUT2D eigenvalue weighted by Crippen LogP contribution is -2.58. The molecule has 0 bridgehead atoms. The zero-order chi connectivity index (χ0) is 45.1. The van der Waals surface area contributed by atoms with E-state index in [1.54, 1.807) is 0 Å². The van der Waals surface area contributed by atoms with Gasteiger partial charge in [-0.2, -0.15) is 0 Å². The van der Waals surface area contributed by atoms with E-state index < -0.39 is 0 Å². The average molecular weight is 862 g/mol. The third kappa shape index (κ3) is 5.31. The first-order chi connectivity index (χ1) is 32.5. The Balaban J connectivity index is 1.09. The van der Waals surface area contributed by atoms with Crippen molar-refractivity contribution < 1.29 is 4.74 Å². The van der Waals surface area contributed by atoms with Gasteiger partial charge in [-0.3, -0.25) is 0 Å². The molecule has 2 aliphatic rings. The number of benzene rings is 9. The molecule has 0 unspecified atom stereocenters. The standard InChI is InChI=1S/C62H48BN3O/c1-61(2,3)39-24-28-41(29-25-39)64(42-30-26-40(27-31-42)62(4,5)6)43-32-33-47-52(36-43)67-53-35-38(37-16-8-7-9-17-37)34-51-57(53)63(47)58-56-46-20-12-15-23-50(46)65-48-21-13-10-18-44(48)54(59(56)65)55-45-19-11-14-22-49(45)66(51)60(55)58/h7-36H,1-6H3. The monoisotopic (exact) mass is 861 g/mol. The minimum Gasteiger partial charge on any atom is -0.458 e. The molecule has 320 valence electrons. The second-order valence-electron chi connectivity index (χ2n) is 20.9. The maximum atomic E-state index is 7.42. The topological polar surface area (TPSA) is 21.8 Å². The first-order valence-corrected chi connectivity index (χ1v) is 23.7. The van der Waals surface area contributed by atoms with Crippen molar-refractivity contribution in [2.45, 2.75) is 52.4 Å². The van der Waals surface area contributed by atoms with Crippen molar-refractivity contribution >= 4 is 100 Å². The highest BCUT2D eigenvalue weighted by atomic mass is 16.5. The summed E-state index contributed by atoms with van der Waals surface area (Å²) < 4.78 is 12.5. The van der Waals surface area contributed by atoms with Crippen molar-refractivity contribution in [2.24, 2.45) is 0 Å². The Morgan fingerprint density at radius 1 is 0.433 bits per heavy atom. The van der Waals surface area contributed by atoms with E-state index in [1.807, 2.05) is 0 Å². The molecule has 0 saturated heterocycles. The molecule has 0 fully saturated rings. The van der Waals surface area contributed by atoms with E-state index in [1.165, 1.54) is 93.1 Å². The zero-order valence-corrected chi connectivity index (χ0v) is 38.6. The van der Waals surface area contributed by atoms with Crippen LogP contribution in [0.2, 0.25) is 0 Å². The quantitative estimate of drug-likeness (QED) is 0.164. The fraction of sp³-hybridized carbons (Fsp3) is 0.129. The highest BCUT2D eigenvalue weighted by Gasteiger charge is 2.44. The molecule has 0 saturated carbocycles. The Bertz CT molecular complexity index is 3960. The van der Waals surface area contributed by atoms with Crippen LogP contribution in [0.25, 0.3) is 76.7 Å². The number of para-hydroxylation sites is 3. The van der Waals surface area contributed by atoms with E-state index in [2.05, 4.69) is 237 Å². The van der Waals surface area contributed by atoms with Gasteiger partial charge >= 0.3 is 0 Å². The molecule has 9 aromatic carbocycles. The van der Waals surface area contributed by atoms with Crippen LogP contribution in [-0.4, -0.2) is 15.7 Å². The van der Waals surface area contributed by atoms with Crippen LogP contribution in [0.4, 0.5) is 17.1 Å². The van der Waals surface area contributed by atoms with Gasteiger partial charge < -0.3 is 18.6 Å². The van der Waals surface area contributed by atoms with Gasteiger partial charge in [-0.05, 0) is 110 Å². The molecule has 0 spiro atoms. The lowest BCUT2D eigenvalue weighted by Gasteiger charge is -2.35. The van der Waals surface area contributed by atoms with E-state index in [9.17, 15) is 0 Å². The number of anilines is 3. The molecule has 67 heavy (non-hydrogen) atoms. The highest BCUT2D eigenvalue weighted by Crippen LogP contribution is 2.49. The number of hydrogen-bond acceptors (Lipinski definition) is 2. The Morgan fingerprint density at radius 2 is 0.955 bits per heavy atom. The number of nitrogens with zero attached hydrogens (tertiary/aromatic N) is 3. The lowest BCUT2D eigenvalue weighted by molar-refractivity contribution is 0.487. The van der Waals surface area contributed by atoms with E-state index in [4.69, 9.17) is 4.74 Å². The smallest absolute Gasteiger partial charge is 0.257 e. The maximum Gasteiger partial charge on any atom is 0.257 e. The van der Waals surface area contributed by atoms with Crippen molar-refractivity contribution in [2.75, 3.05) is 4.90 Å². The molecule has 0 aliphatic carbocycles. The number of fused-ring (bicyclic) bond motifs is 15. The summed E-state index contributed by atoms with van der Waals surface area (Å²) in [4.78, 5) is 2.39. The second kappa shape index (κ2) is 13.4. The summed E-state index contributed by atoms with van der Waals surface area (Å²) in [5, 5.41) is 7.80. The van der Waals surface area contributed by atoms with Crippen LogP contribution >= 0.6 is 0 Å². The van der Waals surface area contributed by atoms with Crippen LogP contribution in [-0.2, 0) is 10.8 Å². The van der Waals surface area contributed by atoms with Gasteiger partial charge in [0.25, 0.3) is 6.71 Å². The SMILES string of the molecule is CC(C)(C)c1ccc(N(c2ccc(C(C)(C)C)cc2)c2ccc3c(c2)Oc2cc(-c4ccccc4)cc4c2B3c2c3c5ccccc5n5c6ccccc6c(c6c7ccccc7n-4c26)c35)cc1. The minimum atomic E-state index is -0.102. The van der Waals surface area contributed by atoms with Gasteiger partial charge in [0.05, 0.1) is 27.6 Å².